The van der Waals surface area contributed by atoms with Crippen molar-refractivity contribution in [3.8, 4) is 0 Å². The van der Waals surface area contributed by atoms with Crippen molar-refractivity contribution in [1.82, 2.24) is 0 Å². The number of allylic oxidation sites excluding steroid dienone is 18. The molecule has 0 aromatic heterocycles. The molecule has 0 amide bonds. The van der Waals surface area contributed by atoms with Crippen LogP contribution in [0.15, 0.2) is 109 Å². The predicted molar refractivity (Wildman–Crippen MR) is 269 cm³/mol. The molecule has 0 saturated heterocycles. The summed E-state index contributed by atoms with van der Waals surface area (Å²) in [6.07, 6.45) is 64.7. The van der Waals surface area contributed by atoms with Crippen molar-refractivity contribution < 1.29 is 43.0 Å². The monoisotopic (exact) mass is 915 g/mol. The third-order valence-corrected chi connectivity index (χ3v) is 10.9. The molecule has 0 rings (SSSR count). The molecule has 0 fully saturated rings. The molecule has 0 aliphatic carbocycles. The van der Waals surface area contributed by atoms with Crippen molar-refractivity contribution in [3.05, 3.63) is 109 Å². The van der Waals surface area contributed by atoms with Crippen molar-refractivity contribution in [3.63, 3.8) is 0 Å². The number of hydrogen-bond donors (Lipinski definition) is 3. The van der Waals surface area contributed by atoms with E-state index >= 15 is 0 Å². The average Bonchev–Trinajstić information content (AvgIpc) is 3.29. The number of aliphatic hydroxyl groups is 2. The van der Waals surface area contributed by atoms with Gasteiger partial charge in [0.25, 0.3) is 0 Å². The van der Waals surface area contributed by atoms with Crippen LogP contribution in [0.2, 0.25) is 0 Å². The molecule has 10 heteroatoms. The number of ether oxygens (including phenoxy) is 2. The maximum absolute atomic E-state index is 12.7. The normalized spacial score (nSPS) is 14.8. The highest BCUT2D eigenvalue weighted by atomic mass is 31.2. The predicted octanol–water partition coefficient (Wildman–Crippen LogP) is 14.6. The highest BCUT2D eigenvalue weighted by molar-refractivity contribution is 7.47. The summed E-state index contributed by atoms with van der Waals surface area (Å²) in [5.74, 6) is -0.402. The molecule has 366 valence electrons. The van der Waals surface area contributed by atoms with Gasteiger partial charge in [-0.15, -0.1) is 0 Å². The molecule has 3 N–H and O–H groups in total. The van der Waals surface area contributed by atoms with Gasteiger partial charge in [0.05, 0.1) is 26.4 Å². The lowest BCUT2D eigenvalue weighted by Crippen LogP contribution is -2.29. The Morgan fingerprint density at radius 3 is 1.27 bits per heavy atom. The fourth-order valence-electron chi connectivity index (χ4n) is 6.26. The van der Waals surface area contributed by atoms with Gasteiger partial charge in [-0.2, -0.15) is 0 Å². The van der Waals surface area contributed by atoms with Gasteiger partial charge >= 0.3 is 13.8 Å². The van der Waals surface area contributed by atoms with Crippen molar-refractivity contribution in [2.45, 2.75) is 193 Å². The van der Waals surface area contributed by atoms with Crippen molar-refractivity contribution >= 4 is 13.8 Å². The van der Waals surface area contributed by atoms with E-state index < -0.39 is 45.8 Å². The van der Waals surface area contributed by atoms with E-state index in [2.05, 4.69) is 123 Å². The highest BCUT2D eigenvalue weighted by Crippen LogP contribution is 2.43. The molecular formula is C54H91O9P. The molecule has 0 radical (unpaired) electrons. The van der Waals surface area contributed by atoms with Crippen LogP contribution in [0.25, 0.3) is 0 Å². The lowest BCUT2D eigenvalue weighted by atomic mass is 10.1. The van der Waals surface area contributed by atoms with Gasteiger partial charge in [-0.3, -0.25) is 13.8 Å². The number of carbonyl (C=O) groups excluding carboxylic acids is 1. The zero-order valence-corrected chi connectivity index (χ0v) is 41.1. The fourth-order valence-corrected chi connectivity index (χ4v) is 7.04. The second kappa shape index (κ2) is 49.6. The molecule has 0 aromatic rings. The number of carbonyl (C=O) groups is 1. The minimum absolute atomic E-state index is 0.0297. The Morgan fingerprint density at radius 1 is 0.484 bits per heavy atom. The van der Waals surface area contributed by atoms with Gasteiger partial charge in [-0.1, -0.05) is 187 Å². The number of unbranched alkanes of at least 4 members (excludes halogenated alkanes) is 14. The quantitative estimate of drug-likeness (QED) is 0.0236. The van der Waals surface area contributed by atoms with Crippen LogP contribution >= 0.6 is 7.82 Å². The van der Waals surface area contributed by atoms with Crippen LogP contribution in [0.3, 0.4) is 0 Å². The van der Waals surface area contributed by atoms with Gasteiger partial charge in [0.2, 0.25) is 0 Å². The maximum atomic E-state index is 12.7. The van der Waals surface area contributed by atoms with Gasteiger partial charge in [0.15, 0.2) is 0 Å². The zero-order valence-electron chi connectivity index (χ0n) is 40.2. The highest BCUT2D eigenvalue weighted by Gasteiger charge is 2.26. The lowest BCUT2D eigenvalue weighted by molar-refractivity contribution is -0.154. The lowest BCUT2D eigenvalue weighted by Gasteiger charge is -2.20. The summed E-state index contributed by atoms with van der Waals surface area (Å²) < 4.78 is 33.5. The second-order valence-corrected chi connectivity index (χ2v) is 17.5. The summed E-state index contributed by atoms with van der Waals surface area (Å²) in [4.78, 5) is 22.7. The van der Waals surface area contributed by atoms with Crippen LogP contribution in [0, 0.1) is 0 Å². The van der Waals surface area contributed by atoms with Gasteiger partial charge in [-0.25, -0.2) is 4.57 Å². The van der Waals surface area contributed by atoms with Gasteiger partial charge in [0, 0.05) is 13.0 Å². The van der Waals surface area contributed by atoms with Crippen LogP contribution in [-0.4, -0.2) is 66.3 Å². The van der Waals surface area contributed by atoms with Crippen LogP contribution in [-0.2, 0) is 27.9 Å². The van der Waals surface area contributed by atoms with E-state index in [-0.39, 0.29) is 13.0 Å². The first-order valence-electron chi connectivity index (χ1n) is 24.9. The average molecular weight is 915 g/mol. The number of hydrogen-bond acceptors (Lipinski definition) is 8. The fraction of sp³-hybridized carbons (Fsp3) is 0.648. The number of rotatable bonds is 46. The summed E-state index contributed by atoms with van der Waals surface area (Å²) in [5, 5.41) is 18.4. The third-order valence-electron chi connectivity index (χ3n) is 9.95. The van der Waals surface area contributed by atoms with Crippen molar-refractivity contribution in [2.24, 2.45) is 0 Å². The van der Waals surface area contributed by atoms with E-state index in [9.17, 15) is 19.4 Å². The topological polar surface area (TPSA) is 132 Å². The molecule has 9 nitrogen and oxygen atoms in total. The molecule has 3 atom stereocenters. The largest absolute Gasteiger partial charge is 0.472 e. The van der Waals surface area contributed by atoms with Gasteiger partial charge in [0.1, 0.15) is 12.2 Å². The van der Waals surface area contributed by atoms with E-state index in [1.54, 1.807) is 0 Å². The molecule has 0 spiro atoms. The maximum Gasteiger partial charge on any atom is 0.472 e. The number of aliphatic hydroxyl groups excluding tert-OH is 2. The van der Waals surface area contributed by atoms with Gasteiger partial charge in [-0.05, 0) is 96.3 Å². The molecule has 0 heterocycles. The minimum Gasteiger partial charge on any atom is -0.457 e. The third kappa shape index (κ3) is 48.6. The first-order chi connectivity index (χ1) is 31.3. The molecule has 64 heavy (non-hydrogen) atoms. The molecule has 0 aliphatic heterocycles. The zero-order chi connectivity index (χ0) is 46.7. The summed E-state index contributed by atoms with van der Waals surface area (Å²) in [6.45, 7) is 3.23. The summed E-state index contributed by atoms with van der Waals surface area (Å²) in [7, 11) is -4.54. The molecule has 3 unspecified atom stereocenters. The van der Waals surface area contributed by atoms with E-state index in [0.717, 1.165) is 109 Å². The summed E-state index contributed by atoms with van der Waals surface area (Å²) >= 11 is 0. The number of phosphoric acid groups is 1. The Labute approximate surface area is 390 Å². The SMILES string of the molecule is CC/C=C\C/C=C\C/C=C\C/C=C\C/C=C\CCCCCCCCCC(=O)OC(COCCCCCCCCC/C=C\C/C=C\C/C=C\C/C=C\CC)COP(=O)(O)OCC(O)CO. The molecule has 0 saturated carbocycles. The molecule has 0 aromatic carbocycles. The second-order valence-electron chi connectivity index (χ2n) is 16.1. The smallest absolute Gasteiger partial charge is 0.457 e. The van der Waals surface area contributed by atoms with Crippen molar-refractivity contribution in [2.75, 3.05) is 33.0 Å². The molecule has 0 aliphatic rings. The number of esters is 1. The molecular weight excluding hydrogens is 824 g/mol. The summed E-state index contributed by atoms with van der Waals surface area (Å²) in [6, 6.07) is 0. The Hall–Kier alpha value is -2.88. The Bertz CT molecular complexity index is 1360. The Morgan fingerprint density at radius 2 is 0.844 bits per heavy atom. The van der Waals surface area contributed by atoms with Crippen LogP contribution in [0.5, 0.6) is 0 Å². The van der Waals surface area contributed by atoms with Crippen LogP contribution < -0.4 is 0 Å². The Balaban J connectivity index is 4.18. The van der Waals surface area contributed by atoms with E-state index in [1.165, 1.54) is 44.9 Å². The first-order valence-corrected chi connectivity index (χ1v) is 26.4. The van der Waals surface area contributed by atoms with E-state index in [1.807, 2.05) is 0 Å². The first kappa shape index (κ1) is 61.1. The van der Waals surface area contributed by atoms with Crippen LogP contribution in [0.1, 0.15) is 181 Å². The standard InChI is InChI=1S/C54H91O9P/c1-3-5-7-9-11-13-15-17-19-21-23-25-26-27-28-30-32-34-36-38-40-42-44-46-54(57)63-53(51-62-64(58,59)61-49-52(56)48-55)50-60-47-45-43-41-39-37-35-33-31-29-24-22-20-18-16-14-12-10-8-6-4-2/h5-8,11-14,17-20,23-25,27-29,52-53,55-56H,3-4,9-10,15-16,21-22,26,30-51H2,1-2H3,(H,58,59)/b7-5-,8-6-,13-11-,14-12-,19-17-,20-18-,25-23-,28-27-,29-24-. The van der Waals surface area contributed by atoms with Crippen molar-refractivity contribution in [1.29, 1.82) is 0 Å². The Kier molecular flexibility index (Phi) is 47.3. The van der Waals surface area contributed by atoms with Gasteiger partial charge < -0.3 is 24.6 Å². The number of phosphoric ester groups is 1. The minimum atomic E-state index is -4.54. The van der Waals surface area contributed by atoms with E-state index in [0.29, 0.717) is 13.0 Å². The van der Waals surface area contributed by atoms with Crippen LogP contribution in [0.4, 0.5) is 0 Å². The van der Waals surface area contributed by atoms with E-state index in [4.69, 9.17) is 23.6 Å². The summed E-state index contributed by atoms with van der Waals surface area (Å²) in [5.41, 5.74) is 0. The molecule has 0 bridgehead atoms.